The lowest BCUT2D eigenvalue weighted by molar-refractivity contribution is 0.102. The van der Waals surface area contributed by atoms with Gasteiger partial charge in [0.2, 0.25) is 0 Å². The summed E-state index contributed by atoms with van der Waals surface area (Å²) < 4.78 is 36.5. The number of methoxy groups -OCH3 is 1. The quantitative estimate of drug-likeness (QED) is 0.410. The lowest BCUT2D eigenvalue weighted by Gasteiger charge is -2.09. The van der Waals surface area contributed by atoms with Crippen LogP contribution in [0.15, 0.2) is 88.6 Å². The normalized spacial score (nSPS) is 11.2. The van der Waals surface area contributed by atoms with Gasteiger partial charge in [0.05, 0.1) is 23.4 Å². The molecule has 1 aromatic heterocycles. The predicted molar refractivity (Wildman–Crippen MR) is 134 cm³/mol. The van der Waals surface area contributed by atoms with Crippen molar-refractivity contribution in [3.05, 3.63) is 100 Å². The smallest absolute Gasteiger partial charge is 0.296 e. The molecular weight excluding hydrogens is 468 g/mol. The summed E-state index contributed by atoms with van der Waals surface area (Å²) in [4.78, 5) is 25.5. The summed E-state index contributed by atoms with van der Waals surface area (Å²) >= 11 is 0. The molecule has 10 heteroatoms. The van der Waals surface area contributed by atoms with Crippen molar-refractivity contribution in [3.63, 3.8) is 0 Å². The molecule has 0 radical (unpaired) electrons. The number of hydrogen-bond donors (Lipinski definition) is 2. The first-order chi connectivity index (χ1) is 16.7. The molecule has 0 spiro atoms. The van der Waals surface area contributed by atoms with Gasteiger partial charge in [-0.05, 0) is 67.6 Å². The van der Waals surface area contributed by atoms with Gasteiger partial charge in [0, 0.05) is 18.3 Å². The number of hydrogen-bond acceptors (Lipinski definition) is 5. The second-order valence-electron chi connectivity index (χ2n) is 7.75. The van der Waals surface area contributed by atoms with Gasteiger partial charge in [0.1, 0.15) is 11.4 Å². The van der Waals surface area contributed by atoms with Crippen LogP contribution in [0.5, 0.6) is 5.75 Å². The average Bonchev–Trinajstić information content (AvgIpc) is 3.07. The number of carbonyl (C=O) groups is 1. The first-order valence-corrected chi connectivity index (χ1v) is 12.1. The number of ether oxygens (including phenoxy) is 1. The molecule has 1 heterocycles. The zero-order valence-electron chi connectivity index (χ0n) is 19.3. The van der Waals surface area contributed by atoms with Crippen LogP contribution in [0.3, 0.4) is 0 Å². The molecule has 2 N–H and O–H groups in total. The maximum absolute atomic E-state index is 13.0. The molecule has 1 amide bonds. The topological polar surface area (TPSA) is 111 Å². The molecular formula is C25H24N4O5S. The van der Waals surface area contributed by atoms with E-state index in [9.17, 15) is 18.0 Å². The minimum atomic E-state index is -4.08. The Hall–Kier alpha value is -4.31. The number of para-hydroxylation sites is 1. The van der Waals surface area contributed by atoms with Crippen LogP contribution in [0.1, 0.15) is 16.1 Å². The van der Waals surface area contributed by atoms with E-state index in [1.165, 1.54) is 28.9 Å². The number of sulfonamides is 1. The number of amides is 1. The van der Waals surface area contributed by atoms with E-state index in [2.05, 4.69) is 10.0 Å². The first-order valence-electron chi connectivity index (χ1n) is 10.6. The highest BCUT2D eigenvalue weighted by Gasteiger charge is 2.22. The van der Waals surface area contributed by atoms with Crippen LogP contribution in [0.2, 0.25) is 0 Å². The van der Waals surface area contributed by atoms with Gasteiger partial charge in [-0.25, -0.2) is 13.1 Å². The van der Waals surface area contributed by atoms with E-state index in [1.54, 1.807) is 74.3 Å². The fourth-order valence-electron chi connectivity index (χ4n) is 3.54. The van der Waals surface area contributed by atoms with Gasteiger partial charge < -0.3 is 10.1 Å². The number of nitrogens with one attached hydrogen (secondary N) is 2. The second kappa shape index (κ2) is 9.51. The molecule has 4 aromatic rings. The molecule has 0 atom stereocenters. The molecule has 0 aliphatic carbocycles. The van der Waals surface area contributed by atoms with Gasteiger partial charge in [-0.2, -0.15) is 0 Å². The molecule has 0 aliphatic rings. The van der Waals surface area contributed by atoms with Gasteiger partial charge in [0.15, 0.2) is 0 Å². The molecule has 35 heavy (non-hydrogen) atoms. The third-order valence-corrected chi connectivity index (χ3v) is 6.93. The molecule has 3 aromatic carbocycles. The summed E-state index contributed by atoms with van der Waals surface area (Å²) in [6.07, 6.45) is 0. The Morgan fingerprint density at radius 1 is 0.914 bits per heavy atom. The zero-order valence-corrected chi connectivity index (χ0v) is 20.2. The van der Waals surface area contributed by atoms with Gasteiger partial charge >= 0.3 is 0 Å². The van der Waals surface area contributed by atoms with Crippen LogP contribution >= 0.6 is 0 Å². The van der Waals surface area contributed by atoms with Crippen molar-refractivity contribution < 1.29 is 17.9 Å². The number of benzene rings is 3. The van der Waals surface area contributed by atoms with Crippen molar-refractivity contribution in [1.82, 2.24) is 9.36 Å². The molecule has 0 saturated heterocycles. The summed E-state index contributed by atoms with van der Waals surface area (Å²) in [6.45, 7) is 1.66. The first kappa shape index (κ1) is 23.8. The summed E-state index contributed by atoms with van der Waals surface area (Å²) in [6, 6.07) is 21.2. The SMILES string of the molecule is COc1ccc(NC(=O)c2ccc(S(=O)(=O)Nc3c(C)n(C)n(-c4ccccc4)c3=O)cc2)cc1. The molecule has 0 fully saturated rings. The molecule has 0 bridgehead atoms. The van der Waals surface area contributed by atoms with Crippen molar-refractivity contribution in [2.75, 3.05) is 17.1 Å². The largest absolute Gasteiger partial charge is 0.497 e. The molecule has 180 valence electrons. The predicted octanol–water partition coefficient (Wildman–Crippen LogP) is 3.55. The molecule has 0 aliphatic heterocycles. The minimum absolute atomic E-state index is 0.0438. The highest BCUT2D eigenvalue weighted by Crippen LogP contribution is 2.20. The summed E-state index contributed by atoms with van der Waals surface area (Å²) in [7, 11) is -0.845. The fourth-order valence-corrected chi connectivity index (χ4v) is 4.66. The minimum Gasteiger partial charge on any atom is -0.497 e. The van der Waals surface area contributed by atoms with E-state index in [0.717, 1.165) is 0 Å². The van der Waals surface area contributed by atoms with Crippen molar-refractivity contribution in [1.29, 1.82) is 0 Å². The Kier molecular flexibility index (Phi) is 6.48. The van der Waals surface area contributed by atoms with E-state index in [1.807, 2.05) is 6.07 Å². The van der Waals surface area contributed by atoms with Crippen molar-refractivity contribution in [2.45, 2.75) is 11.8 Å². The van der Waals surface area contributed by atoms with Crippen LogP contribution in [0.25, 0.3) is 5.69 Å². The molecule has 0 unspecified atom stereocenters. The highest BCUT2D eigenvalue weighted by molar-refractivity contribution is 7.92. The number of rotatable bonds is 7. The van der Waals surface area contributed by atoms with Crippen LogP contribution in [-0.4, -0.2) is 30.8 Å². The Balaban J connectivity index is 1.55. The summed E-state index contributed by atoms with van der Waals surface area (Å²) in [5.41, 5.74) is 1.39. The Labute approximate surface area is 202 Å². The summed E-state index contributed by atoms with van der Waals surface area (Å²) in [5, 5.41) is 2.74. The van der Waals surface area contributed by atoms with Crippen LogP contribution < -0.4 is 20.3 Å². The van der Waals surface area contributed by atoms with Gasteiger partial charge in [-0.3, -0.25) is 19.0 Å². The maximum Gasteiger partial charge on any atom is 0.296 e. The second-order valence-corrected chi connectivity index (χ2v) is 9.43. The third kappa shape index (κ3) is 4.82. The molecule has 9 nitrogen and oxygen atoms in total. The maximum atomic E-state index is 13.0. The van der Waals surface area contributed by atoms with Crippen LogP contribution in [0, 0.1) is 6.92 Å². The van der Waals surface area contributed by atoms with Gasteiger partial charge in [-0.15, -0.1) is 0 Å². The monoisotopic (exact) mass is 492 g/mol. The number of carbonyl (C=O) groups excluding carboxylic acids is 1. The zero-order chi connectivity index (χ0) is 25.2. The average molecular weight is 493 g/mol. The number of nitrogens with zero attached hydrogens (tertiary/aromatic N) is 2. The van der Waals surface area contributed by atoms with Gasteiger partial charge in [-0.1, -0.05) is 18.2 Å². The van der Waals surface area contributed by atoms with Crippen LogP contribution in [-0.2, 0) is 17.1 Å². The molecule has 0 saturated carbocycles. The Morgan fingerprint density at radius 3 is 2.14 bits per heavy atom. The van der Waals surface area contributed by atoms with E-state index in [0.29, 0.717) is 22.8 Å². The van der Waals surface area contributed by atoms with E-state index >= 15 is 0 Å². The standard InChI is InChI=1S/C25H24N4O5S/c1-17-23(25(31)29(28(17)2)20-7-5-4-6-8-20)27-35(32,33)22-15-9-18(10-16-22)24(30)26-19-11-13-21(34-3)14-12-19/h4-16,27H,1-3H3,(H,26,30). The van der Waals surface area contributed by atoms with E-state index in [4.69, 9.17) is 4.74 Å². The van der Waals surface area contributed by atoms with E-state index in [-0.39, 0.29) is 16.1 Å². The third-order valence-electron chi connectivity index (χ3n) is 5.57. The lowest BCUT2D eigenvalue weighted by atomic mass is 10.2. The lowest BCUT2D eigenvalue weighted by Crippen LogP contribution is -2.23. The van der Waals surface area contributed by atoms with Crippen molar-refractivity contribution in [2.24, 2.45) is 7.05 Å². The number of aromatic nitrogens is 2. The van der Waals surface area contributed by atoms with E-state index < -0.39 is 21.5 Å². The highest BCUT2D eigenvalue weighted by atomic mass is 32.2. The summed E-state index contributed by atoms with van der Waals surface area (Å²) in [5.74, 6) is 0.269. The van der Waals surface area contributed by atoms with Crippen molar-refractivity contribution >= 4 is 27.3 Å². The number of anilines is 2. The Bertz CT molecular complexity index is 1520. The molecule has 4 rings (SSSR count). The van der Waals surface area contributed by atoms with Gasteiger partial charge in [0.25, 0.3) is 21.5 Å². The fraction of sp³-hybridized carbons (Fsp3) is 0.120. The van der Waals surface area contributed by atoms with Crippen LogP contribution in [0.4, 0.5) is 11.4 Å². The van der Waals surface area contributed by atoms with Crippen molar-refractivity contribution in [3.8, 4) is 11.4 Å². The Morgan fingerprint density at radius 2 is 1.54 bits per heavy atom.